The van der Waals surface area contributed by atoms with Crippen molar-refractivity contribution >= 4 is 40.7 Å². The third-order valence-corrected chi connectivity index (χ3v) is 4.54. The highest BCUT2D eigenvalue weighted by atomic mass is 35.5. The second-order valence-electron chi connectivity index (χ2n) is 6.54. The number of anilines is 1. The zero-order valence-electron chi connectivity index (χ0n) is 15.1. The average molecular weight is 393 g/mol. The second kappa shape index (κ2) is 8.56. The molecular weight excluding hydrogens is 371 g/mol. The van der Waals surface area contributed by atoms with Crippen LogP contribution in [0.1, 0.15) is 26.3 Å². The Morgan fingerprint density at radius 3 is 2.15 bits per heavy atom. The average Bonchev–Trinajstić information content (AvgIpc) is 2.59. The summed E-state index contributed by atoms with van der Waals surface area (Å²) in [5.41, 5.74) is 0.236. The standard InChI is InChI=1S/C20H22Cl2N2O2/c1-4-24(13-14-8-6-5-7-9-14)19(26)20(2,3)18(25)23-17-11-15(21)10-16(22)12-17/h5-12H,4,13H2,1-3H3,(H,23,25). The summed E-state index contributed by atoms with van der Waals surface area (Å²) in [6.07, 6.45) is 0. The SMILES string of the molecule is CCN(Cc1ccccc1)C(=O)C(C)(C)C(=O)Nc1cc(Cl)cc(Cl)c1. The lowest BCUT2D eigenvalue weighted by Gasteiger charge is -2.30. The number of rotatable bonds is 6. The van der Waals surface area contributed by atoms with Crippen molar-refractivity contribution in [3.8, 4) is 0 Å². The van der Waals surface area contributed by atoms with Gasteiger partial charge in [-0.15, -0.1) is 0 Å². The first-order valence-electron chi connectivity index (χ1n) is 8.35. The molecule has 0 spiro atoms. The molecule has 0 atom stereocenters. The number of carbonyl (C=O) groups excluding carboxylic acids is 2. The van der Waals surface area contributed by atoms with Gasteiger partial charge in [0.2, 0.25) is 11.8 Å². The van der Waals surface area contributed by atoms with E-state index in [1.807, 2.05) is 37.3 Å². The molecule has 0 fully saturated rings. The fourth-order valence-electron chi connectivity index (χ4n) is 2.54. The van der Waals surface area contributed by atoms with Crippen molar-refractivity contribution in [2.75, 3.05) is 11.9 Å². The molecule has 6 heteroatoms. The number of carbonyl (C=O) groups is 2. The maximum Gasteiger partial charge on any atom is 0.239 e. The topological polar surface area (TPSA) is 49.4 Å². The molecular formula is C20H22Cl2N2O2. The zero-order valence-corrected chi connectivity index (χ0v) is 16.6. The van der Waals surface area contributed by atoms with Crippen molar-refractivity contribution in [2.45, 2.75) is 27.3 Å². The Hall–Kier alpha value is -2.04. The lowest BCUT2D eigenvalue weighted by molar-refractivity contribution is -0.146. The first kappa shape index (κ1) is 20.3. The molecule has 0 aliphatic rings. The molecule has 2 aromatic carbocycles. The highest BCUT2D eigenvalue weighted by Crippen LogP contribution is 2.26. The van der Waals surface area contributed by atoms with E-state index >= 15 is 0 Å². The van der Waals surface area contributed by atoms with Gasteiger partial charge in [0, 0.05) is 28.8 Å². The minimum atomic E-state index is -1.24. The molecule has 0 aromatic heterocycles. The number of nitrogens with zero attached hydrogens (tertiary/aromatic N) is 1. The van der Waals surface area contributed by atoms with E-state index in [1.54, 1.807) is 36.9 Å². The molecule has 138 valence electrons. The quantitative estimate of drug-likeness (QED) is 0.702. The summed E-state index contributed by atoms with van der Waals surface area (Å²) in [6.45, 7) is 6.09. The molecule has 0 saturated carbocycles. The molecule has 4 nitrogen and oxygen atoms in total. The first-order valence-corrected chi connectivity index (χ1v) is 9.10. The lowest BCUT2D eigenvalue weighted by atomic mass is 9.90. The van der Waals surface area contributed by atoms with Crippen LogP contribution in [0.3, 0.4) is 0 Å². The summed E-state index contributed by atoms with van der Waals surface area (Å²) in [5, 5.41) is 3.56. The van der Waals surface area contributed by atoms with Crippen molar-refractivity contribution in [1.29, 1.82) is 0 Å². The van der Waals surface area contributed by atoms with Gasteiger partial charge in [0.1, 0.15) is 5.41 Å². The van der Waals surface area contributed by atoms with Crippen molar-refractivity contribution in [3.05, 3.63) is 64.1 Å². The smallest absolute Gasteiger partial charge is 0.239 e. The highest BCUT2D eigenvalue weighted by molar-refractivity contribution is 6.35. The fourth-order valence-corrected chi connectivity index (χ4v) is 3.06. The molecule has 2 amide bonds. The Labute approximate surface area is 164 Å². The van der Waals surface area contributed by atoms with Crippen molar-refractivity contribution < 1.29 is 9.59 Å². The van der Waals surface area contributed by atoms with Crippen LogP contribution in [0, 0.1) is 5.41 Å². The van der Waals surface area contributed by atoms with E-state index in [-0.39, 0.29) is 5.91 Å². The van der Waals surface area contributed by atoms with Gasteiger partial charge in [0.25, 0.3) is 0 Å². The fraction of sp³-hybridized carbons (Fsp3) is 0.300. The van der Waals surface area contributed by atoms with Gasteiger partial charge < -0.3 is 10.2 Å². The van der Waals surface area contributed by atoms with Gasteiger partial charge in [0.15, 0.2) is 0 Å². The molecule has 0 saturated heterocycles. The predicted molar refractivity (Wildman–Crippen MR) is 106 cm³/mol. The molecule has 0 heterocycles. The Bertz CT molecular complexity index is 771. The Kier molecular flexibility index (Phi) is 6.68. The van der Waals surface area contributed by atoms with Gasteiger partial charge in [-0.05, 0) is 44.5 Å². The van der Waals surface area contributed by atoms with Gasteiger partial charge in [-0.2, -0.15) is 0 Å². The summed E-state index contributed by atoms with van der Waals surface area (Å²) in [6, 6.07) is 14.4. The van der Waals surface area contributed by atoms with Crippen LogP contribution in [0.4, 0.5) is 5.69 Å². The molecule has 0 aliphatic carbocycles. The van der Waals surface area contributed by atoms with E-state index in [0.717, 1.165) is 5.56 Å². The Balaban J connectivity index is 2.15. The number of hydrogen-bond donors (Lipinski definition) is 1. The van der Waals surface area contributed by atoms with E-state index < -0.39 is 11.3 Å². The van der Waals surface area contributed by atoms with Crippen LogP contribution < -0.4 is 5.32 Å². The van der Waals surface area contributed by atoms with E-state index in [9.17, 15) is 9.59 Å². The van der Waals surface area contributed by atoms with Gasteiger partial charge in [0.05, 0.1) is 0 Å². The van der Waals surface area contributed by atoms with Crippen LogP contribution in [0.2, 0.25) is 10.0 Å². The third kappa shape index (κ3) is 4.99. The molecule has 26 heavy (non-hydrogen) atoms. The summed E-state index contributed by atoms with van der Waals surface area (Å²) >= 11 is 11.9. The van der Waals surface area contributed by atoms with Crippen LogP contribution >= 0.6 is 23.2 Å². The Morgan fingerprint density at radius 1 is 1.04 bits per heavy atom. The number of halogens is 2. The molecule has 0 bridgehead atoms. The van der Waals surface area contributed by atoms with Gasteiger partial charge in [-0.1, -0.05) is 53.5 Å². The van der Waals surface area contributed by atoms with Crippen molar-refractivity contribution in [1.82, 2.24) is 4.90 Å². The van der Waals surface area contributed by atoms with Crippen LogP contribution in [0.15, 0.2) is 48.5 Å². The van der Waals surface area contributed by atoms with E-state index in [0.29, 0.717) is 28.8 Å². The van der Waals surface area contributed by atoms with E-state index in [4.69, 9.17) is 23.2 Å². The van der Waals surface area contributed by atoms with Crippen LogP contribution in [-0.4, -0.2) is 23.3 Å². The van der Waals surface area contributed by atoms with Crippen molar-refractivity contribution in [2.24, 2.45) is 5.41 Å². The zero-order chi connectivity index (χ0) is 19.3. The monoisotopic (exact) mass is 392 g/mol. The van der Waals surface area contributed by atoms with Crippen LogP contribution in [-0.2, 0) is 16.1 Å². The maximum absolute atomic E-state index is 13.0. The first-order chi connectivity index (χ1) is 12.2. The minimum Gasteiger partial charge on any atom is -0.338 e. The number of amides is 2. The molecule has 0 unspecified atom stereocenters. The van der Waals surface area contributed by atoms with Crippen molar-refractivity contribution in [3.63, 3.8) is 0 Å². The highest BCUT2D eigenvalue weighted by Gasteiger charge is 2.39. The largest absolute Gasteiger partial charge is 0.338 e. The number of benzene rings is 2. The second-order valence-corrected chi connectivity index (χ2v) is 7.42. The van der Waals surface area contributed by atoms with E-state index in [1.165, 1.54) is 0 Å². The number of nitrogens with one attached hydrogen (secondary N) is 1. The summed E-state index contributed by atoms with van der Waals surface area (Å²) in [5.74, 6) is -0.651. The third-order valence-electron chi connectivity index (χ3n) is 4.11. The maximum atomic E-state index is 13.0. The minimum absolute atomic E-state index is 0.241. The number of hydrogen-bond acceptors (Lipinski definition) is 2. The van der Waals surface area contributed by atoms with Crippen LogP contribution in [0.25, 0.3) is 0 Å². The summed E-state index contributed by atoms with van der Waals surface area (Å²) in [4.78, 5) is 27.4. The molecule has 0 aliphatic heterocycles. The van der Waals surface area contributed by atoms with Gasteiger partial charge in [-0.25, -0.2) is 0 Å². The van der Waals surface area contributed by atoms with Gasteiger partial charge >= 0.3 is 0 Å². The molecule has 1 N–H and O–H groups in total. The molecule has 2 rings (SSSR count). The van der Waals surface area contributed by atoms with Crippen LogP contribution in [0.5, 0.6) is 0 Å². The predicted octanol–water partition coefficient (Wildman–Crippen LogP) is 5.01. The van der Waals surface area contributed by atoms with E-state index in [2.05, 4.69) is 5.32 Å². The lowest BCUT2D eigenvalue weighted by Crippen LogP contribution is -2.47. The molecule has 0 radical (unpaired) electrons. The summed E-state index contributed by atoms with van der Waals surface area (Å²) in [7, 11) is 0. The molecule has 2 aromatic rings. The Morgan fingerprint density at radius 2 is 1.62 bits per heavy atom. The van der Waals surface area contributed by atoms with Gasteiger partial charge in [-0.3, -0.25) is 9.59 Å². The summed E-state index contributed by atoms with van der Waals surface area (Å²) < 4.78 is 0. The normalized spacial score (nSPS) is 11.1.